The van der Waals surface area contributed by atoms with Crippen LogP contribution in [0, 0.1) is 0 Å². The van der Waals surface area contributed by atoms with Crippen molar-refractivity contribution in [2.75, 3.05) is 5.32 Å². The molecule has 0 atom stereocenters. The summed E-state index contributed by atoms with van der Waals surface area (Å²) >= 11 is 3.87. The molecule has 210 valence electrons. The summed E-state index contributed by atoms with van der Waals surface area (Å²) in [5.74, 6) is 0. The quantitative estimate of drug-likeness (QED) is 0.213. The first-order valence-electron chi connectivity index (χ1n) is 15.6. The highest BCUT2D eigenvalue weighted by Crippen LogP contribution is 2.49. The number of nitrogens with one attached hydrogen (secondary N) is 1. The fourth-order valence-corrected chi connectivity index (χ4v) is 10.0. The van der Waals surface area contributed by atoms with Crippen LogP contribution in [0.2, 0.25) is 0 Å². The van der Waals surface area contributed by atoms with Crippen molar-refractivity contribution < 1.29 is 0 Å². The predicted molar refractivity (Wildman–Crippen MR) is 194 cm³/mol. The van der Waals surface area contributed by atoms with E-state index in [1.165, 1.54) is 104 Å². The number of fused-ring (bicyclic) bond motifs is 9. The molecular formula is C41H29NS2. The highest BCUT2D eigenvalue weighted by Gasteiger charge is 2.22. The Bertz CT molecular complexity index is 2440. The second kappa shape index (κ2) is 9.53. The van der Waals surface area contributed by atoms with Crippen LogP contribution in [0.25, 0.3) is 63.8 Å². The summed E-state index contributed by atoms with van der Waals surface area (Å²) in [6.45, 7) is 0. The van der Waals surface area contributed by atoms with Crippen molar-refractivity contribution in [2.45, 2.75) is 32.1 Å². The zero-order valence-corrected chi connectivity index (χ0v) is 25.9. The lowest BCUT2D eigenvalue weighted by Gasteiger charge is -2.22. The number of para-hydroxylation sites is 1. The van der Waals surface area contributed by atoms with Crippen molar-refractivity contribution in [3.63, 3.8) is 0 Å². The Morgan fingerprint density at radius 2 is 1.57 bits per heavy atom. The van der Waals surface area contributed by atoms with Crippen LogP contribution in [0.1, 0.15) is 40.8 Å². The molecule has 0 saturated carbocycles. The van der Waals surface area contributed by atoms with Crippen LogP contribution in [0.5, 0.6) is 0 Å². The first kappa shape index (κ1) is 24.9. The second-order valence-electron chi connectivity index (χ2n) is 12.4. The van der Waals surface area contributed by atoms with Gasteiger partial charge >= 0.3 is 0 Å². The predicted octanol–water partition coefficient (Wildman–Crippen LogP) is 12.5. The number of benzene rings is 5. The van der Waals surface area contributed by atoms with Crippen molar-refractivity contribution in [3.8, 4) is 11.1 Å². The van der Waals surface area contributed by atoms with E-state index in [0.29, 0.717) is 0 Å². The zero-order chi connectivity index (χ0) is 28.8. The summed E-state index contributed by atoms with van der Waals surface area (Å²) in [5, 5.41) is 10.6. The standard InChI is InChI=1S/C41H29NS2/c1-3-9-35-28(6-1)33-23-34-32-22-27(17-19-39(32)44-41(34)30-8-5-10-36(42-35)40(30)33)26-15-12-24(13-16-26)20-25-14-18-38-31(21-25)29-7-2-4-11-37(29)43-38/h1,3-6,8-12,14-15,17-19,21-23,42H,2,7,13,16,20H2. The SMILES string of the molecule is C1=Cc2sc3ccc(CC4=CC=C(c5ccc6sc7c8cccc9c8c(cc7c6c5)-c5ccccc5N9)CC4)cc3c2CC1. The van der Waals surface area contributed by atoms with Gasteiger partial charge in [0.15, 0.2) is 0 Å². The maximum atomic E-state index is 3.68. The van der Waals surface area contributed by atoms with Gasteiger partial charge in [-0.05, 0) is 114 Å². The summed E-state index contributed by atoms with van der Waals surface area (Å²) in [5.41, 5.74) is 12.4. The normalized spacial score (nSPS) is 15.4. The Hall–Kier alpha value is -4.44. The number of aryl methyl sites for hydroxylation is 1. The van der Waals surface area contributed by atoms with Gasteiger partial charge in [0.2, 0.25) is 0 Å². The molecule has 2 aliphatic carbocycles. The van der Waals surface area contributed by atoms with Crippen molar-refractivity contribution in [1.29, 1.82) is 0 Å². The average Bonchev–Trinajstić information content (AvgIpc) is 3.63. The molecular weight excluding hydrogens is 571 g/mol. The molecule has 0 spiro atoms. The van der Waals surface area contributed by atoms with Crippen molar-refractivity contribution in [2.24, 2.45) is 0 Å². The molecule has 0 bridgehead atoms. The topological polar surface area (TPSA) is 12.0 Å². The van der Waals surface area contributed by atoms with Gasteiger partial charge in [-0.1, -0.05) is 66.3 Å². The molecule has 0 radical (unpaired) electrons. The van der Waals surface area contributed by atoms with E-state index in [9.17, 15) is 0 Å². The molecule has 10 rings (SSSR count). The molecule has 5 aromatic carbocycles. The number of thiophene rings is 2. The maximum absolute atomic E-state index is 3.68. The smallest absolute Gasteiger partial charge is 0.0470 e. The first-order valence-corrected chi connectivity index (χ1v) is 17.3. The third-order valence-electron chi connectivity index (χ3n) is 9.83. The van der Waals surface area contributed by atoms with E-state index in [4.69, 9.17) is 0 Å². The molecule has 0 fully saturated rings. The summed E-state index contributed by atoms with van der Waals surface area (Å²) in [7, 11) is 0. The van der Waals surface area contributed by atoms with Crippen molar-refractivity contribution in [1.82, 2.24) is 0 Å². The second-order valence-corrected chi connectivity index (χ2v) is 14.6. The molecule has 1 aliphatic heterocycles. The van der Waals surface area contributed by atoms with Crippen LogP contribution in [-0.2, 0) is 12.8 Å². The lowest BCUT2D eigenvalue weighted by atomic mass is 9.89. The molecule has 7 aromatic rings. The monoisotopic (exact) mass is 599 g/mol. The third-order valence-corrected chi connectivity index (χ3v) is 12.2. The number of rotatable bonds is 3. The van der Waals surface area contributed by atoms with Crippen molar-refractivity contribution in [3.05, 3.63) is 130 Å². The van der Waals surface area contributed by atoms with Crippen LogP contribution in [0.3, 0.4) is 0 Å². The fourth-order valence-electron chi connectivity index (χ4n) is 7.66. The Morgan fingerprint density at radius 1 is 0.659 bits per heavy atom. The molecule has 2 aromatic heterocycles. The van der Waals surface area contributed by atoms with Gasteiger partial charge in [0.1, 0.15) is 0 Å². The highest BCUT2D eigenvalue weighted by molar-refractivity contribution is 7.26. The summed E-state index contributed by atoms with van der Waals surface area (Å²) in [6.07, 6.45) is 15.0. The van der Waals surface area contributed by atoms with E-state index in [-0.39, 0.29) is 0 Å². The van der Waals surface area contributed by atoms with Gasteiger partial charge in [-0.3, -0.25) is 0 Å². The van der Waals surface area contributed by atoms with Gasteiger partial charge in [-0.2, -0.15) is 0 Å². The molecule has 3 heteroatoms. The number of allylic oxidation sites excluding steroid dienone is 5. The van der Waals surface area contributed by atoms with Gasteiger partial charge in [-0.15, -0.1) is 22.7 Å². The van der Waals surface area contributed by atoms with E-state index < -0.39 is 0 Å². The molecule has 3 aliphatic rings. The molecule has 0 saturated heterocycles. The van der Waals surface area contributed by atoms with Crippen LogP contribution >= 0.6 is 22.7 Å². The van der Waals surface area contributed by atoms with Gasteiger partial charge in [0, 0.05) is 57.5 Å². The highest BCUT2D eigenvalue weighted by atomic mass is 32.1. The fraction of sp³-hybridized carbons (Fsp3) is 0.122. The molecule has 1 N–H and O–H groups in total. The minimum absolute atomic E-state index is 1.04. The lowest BCUT2D eigenvalue weighted by molar-refractivity contribution is 0.924. The number of hydrogen-bond acceptors (Lipinski definition) is 3. The Balaban J connectivity index is 1.02. The number of hydrogen-bond donors (Lipinski definition) is 1. The van der Waals surface area contributed by atoms with E-state index in [2.05, 4.69) is 115 Å². The number of anilines is 2. The Labute approximate surface area is 264 Å². The largest absolute Gasteiger partial charge is 0.354 e. The van der Waals surface area contributed by atoms with E-state index >= 15 is 0 Å². The van der Waals surface area contributed by atoms with Crippen LogP contribution in [-0.4, -0.2) is 0 Å². The Morgan fingerprint density at radius 3 is 2.52 bits per heavy atom. The molecule has 1 nitrogen and oxygen atoms in total. The Kier molecular flexibility index (Phi) is 5.40. The van der Waals surface area contributed by atoms with Gasteiger partial charge in [0.25, 0.3) is 0 Å². The molecule has 3 heterocycles. The van der Waals surface area contributed by atoms with Gasteiger partial charge in [0.05, 0.1) is 0 Å². The van der Waals surface area contributed by atoms with Gasteiger partial charge < -0.3 is 5.32 Å². The average molecular weight is 600 g/mol. The molecule has 0 unspecified atom stereocenters. The van der Waals surface area contributed by atoms with Crippen molar-refractivity contribution >= 4 is 86.7 Å². The molecule has 44 heavy (non-hydrogen) atoms. The van der Waals surface area contributed by atoms with E-state index in [1.54, 1.807) is 5.56 Å². The van der Waals surface area contributed by atoms with E-state index in [0.717, 1.165) is 19.3 Å². The summed E-state index contributed by atoms with van der Waals surface area (Å²) < 4.78 is 4.18. The summed E-state index contributed by atoms with van der Waals surface area (Å²) in [4.78, 5) is 1.46. The van der Waals surface area contributed by atoms with Crippen LogP contribution in [0.4, 0.5) is 11.4 Å². The summed E-state index contributed by atoms with van der Waals surface area (Å²) in [6, 6.07) is 32.2. The lowest BCUT2D eigenvalue weighted by Crippen LogP contribution is -2.00. The van der Waals surface area contributed by atoms with Crippen LogP contribution < -0.4 is 5.32 Å². The minimum atomic E-state index is 1.04. The minimum Gasteiger partial charge on any atom is -0.354 e. The van der Waals surface area contributed by atoms with Gasteiger partial charge in [-0.25, -0.2) is 0 Å². The molecule has 0 amide bonds. The zero-order valence-electron chi connectivity index (χ0n) is 24.2. The third kappa shape index (κ3) is 3.76. The van der Waals surface area contributed by atoms with E-state index in [1.807, 2.05) is 22.7 Å². The first-order chi connectivity index (χ1) is 21.8. The maximum Gasteiger partial charge on any atom is 0.0470 e. The van der Waals surface area contributed by atoms with Crippen LogP contribution in [0.15, 0.2) is 109 Å².